The predicted octanol–water partition coefficient (Wildman–Crippen LogP) is 5.35. The van der Waals surface area contributed by atoms with Crippen LogP contribution in [-0.4, -0.2) is 72.1 Å². The van der Waals surface area contributed by atoms with Gasteiger partial charge in [-0.1, -0.05) is 36.7 Å². The van der Waals surface area contributed by atoms with Crippen LogP contribution in [0.25, 0.3) is 0 Å². The Morgan fingerprint density at radius 3 is 2.72 bits per heavy atom. The fourth-order valence-electron chi connectivity index (χ4n) is 7.98. The van der Waals surface area contributed by atoms with E-state index in [4.69, 9.17) is 21.1 Å². The summed E-state index contributed by atoms with van der Waals surface area (Å²) in [6.07, 6.45) is 9.40. The monoisotopic (exact) mass is 683 g/mol. The van der Waals surface area contributed by atoms with Gasteiger partial charge in [0.2, 0.25) is 11.8 Å². The van der Waals surface area contributed by atoms with E-state index < -0.39 is 21.8 Å². The Morgan fingerprint density at radius 2 is 2.00 bits per heavy atom. The zero-order valence-corrected chi connectivity index (χ0v) is 29.3. The van der Waals surface area contributed by atoms with Gasteiger partial charge in [0, 0.05) is 51.2 Å². The first-order chi connectivity index (χ1) is 22.4. The number of carbonyl (C=O) groups is 2. The molecule has 6 atom stereocenters. The van der Waals surface area contributed by atoms with E-state index >= 15 is 0 Å². The Labute approximate surface area is 283 Å². The molecule has 11 heteroatoms. The number of amides is 2. The highest BCUT2D eigenvalue weighted by Crippen LogP contribution is 2.47. The van der Waals surface area contributed by atoms with Crippen LogP contribution in [0.4, 0.5) is 5.69 Å². The van der Waals surface area contributed by atoms with E-state index in [1.165, 1.54) is 22.1 Å². The number of ether oxygens (including phenoxy) is 2. The number of rotatable bonds is 3. The number of hydrogen-bond acceptors (Lipinski definition) is 7. The lowest BCUT2D eigenvalue weighted by Crippen LogP contribution is -2.49. The number of allylic oxidation sites excluding steroid dienone is 1. The largest absolute Gasteiger partial charge is 0.490 e. The third kappa shape index (κ3) is 6.78. The van der Waals surface area contributed by atoms with Crippen LogP contribution in [-0.2, 0) is 36.2 Å². The number of hydrogen-bond donors (Lipinski definition) is 1. The Balaban J connectivity index is 1.42. The Kier molecular flexibility index (Phi) is 9.67. The molecule has 9 nitrogen and oxygen atoms in total. The molecule has 6 rings (SSSR count). The number of nitrogens with one attached hydrogen (secondary N) is 1. The van der Waals surface area contributed by atoms with Crippen LogP contribution in [0.3, 0.4) is 0 Å². The number of sulfonamides is 1. The van der Waals surface area contributed by atoms with Crippen molar-refractivity contribution in [3.63, 3.8) is 0 Å². The molecule has 0 unspecified atom stereocenters. The van der Waals surface area contributed by atoms with Gasteiger partial charge in [0.25, 0.3) is 10.0 Å². The van der Waals surface area contributed by atoms with E-state index in [0.29, 0.717) is 42.8 Å². The summed E-state index contributed by atoms with van der Waals surface area (Å²) in [5, 5.41) is 0.722. The minimum Gasteiger partial charge on any atom is -0.490 e. The third-order valence-electron chi connectivity index (χ3n) is 10.9. The molecule has 254 valence electrons. The van der Waals surface area contributed by atoms with Crippen LogP contribution < -0.4 is 14.4 Å². The van der Waals surface area contributed by atoms with Gasteiger partial charge in [-0.15, -0.1) is 0 Å². The molecule has 1 N–H and O–H groups in total. The minimum atomic E-state index is -4.25. The van der Waals surface area contributed by atoms with E-state index in [9.17, 15) is 18.0 Å². The highest BCUT2D eigenvalue weighted by atomic mass is 35.5. The van der Waals surface area contributed by atoms with Gasteiger partial charge in [0.05, 0.1) is 29.2 Å². The van der Waals surface area contributed by atoms with E-state index in [-0.39, 0.29) is 34.7 Å². The van der Waals surface area contributed by atoms with Crippen LogP contribution in [0.2, 0.25) is 5.02 Å². The third-order valence-corrected chi connectivity index (χ3v) is 12.5. The fraction of sp³-hybridized carbons (Fsp3) is 0.556. The lowest BCUT2D eigenvalue weighted by Gasteiger charge is -2.46. The average molecular weight is 684 g/mol. The fourth-order valence-corrected chi connectivity index (χ4v) is 9.22. The highest BCUT2D eigenvalue weighted by Gasteiger charge is 2.44. The number of fused-ring (bicyclic) bond motifs is 4. The van der Waals surface area contributed by atoms with Crippen LogP contribution in [0.5, 0.6) is 5.75 Å². The molecule has 4 aliphatic rings. The second kappa shape index (κ2) is 13.4. The summed E-state index contributed by atoms with van der Waals surface area (Å²) in [5.41, 5.74) is 2.88. The molecular weight excluding hydrogens is 638 g/mol. The Hall–Kier alpha value is -3.08. The van der Waals surface area contributed by atoms with Crippen molar-refractivity contribution in [2.24, 2.45) is 23.7 Å². The molecule has 2 aliphatic carbocycles. The number of anilines is 1. The smallest absolute Gasteiger partial charge is 0.264 e. The first kappa shape index (κ1) is 33.8. The van der Waals surface area contributed by atoms with Crippen molar-refractivity contribution in [3.8, 4) is 5.75 Å². The van der Waals surface area contributed by atoms with Crippen LogP contribution in [0, 0.1) is 23.7 Å². The number of methoxy groups -OCH3 is 1. The molecule has 2 amide bonds. The lowest BCUT2D eigenvalue weighted by atomic mass is 9.68. The number of nitrogens with zero attached hydrogens (tertiary/aromatic N) is 2. The maximum atomic E-state index is 13.8. The van der Waals surface area contributed by atoms with Crippen LogP contribution in [0.15, 0.2) is 53.4 Å². The second-order valence-corrected chi connectivity index (χ2v) is 16.3. The Morgan fingerprint density at radius 1 is 1.19 bits per heavy atom. The van der Waals surface area contributed by atoms with Gasteiger partial charge < -0.3 is 19.3 Å². The topological polar surface area (TPSA) is 105 Å². The number of aryl methyl sites for hydroxylation is 1. The molecule has 47 heavy (non-hydrogen) atoms. The molecule has 1 fully saturated rings. The van der Waals surface area contributed by atoms with Crippen molar-refractivity contribution >= 4 is 39.1 Å². The maximum absolute atomic E-state index is 13.8. The average Bonchev–Trinajstić information content (AvgIpc) is 3.17. The summed E-state index contributed by atoms with van der Waals surface area (Å²) >= 11 is 6.42. The van der Waals surface area contributed by atoms with Crippen molar-refractivity contribution in [3.05, 3.63) is 64.7 Å². The molecule has 2 aromatic carbocycles. The standard InChI is InChI=1S/C36H46ClN3O6S/c1-23-7-5-9-32(45-4)28-13-10-25(28)20-40-21-36(16-6-8-24-17-26(37)11-14-30(24)36)22-46-33-15-12-27(18-31(33)40)47(43,44)38-35(42)29(23)19-34(41)39(2)3/h5,9,11-12,14-15,17-18,23,25,28-29,32H,6-8,10,13,16,19-22H2,1-4H3,(H,38,42)/t23-,25-,28+,29+,32+,36-/m0/s1. The normalized spacial score (nSPS) is 30.2. The zero-order valence-electron chi connectivity index (χ0n) is 27.7. The summed E-state index contributed by atoms with van der Waals surface area (Å²) < 4.78 is 42.5. The Bertz CT molecular complexity index is 1660. The van der Waals surface area contributed by atoms with E-state index in [1.54, 1.807) is 33.3 Å². The molecular formula is C36H46ClN3O6S. The summed E-state index contributed by atoms with van der Waals surface area (Å²) in [6.45, 7) is 3.73. The SMILES string of the molecule is CO[C@@H]1C=CC[C@H](C)[C@@H](CC(=O)N(C)C)C(=O)NS(=O)(=O)c2ccc3c(c2)N(C[C@@H]2CC[C@H]21)C[C@@]1(CCCc2cc(Cl)ccc21)CO3. The van der Waals surface area contributed by atoms with Crippen molar-refractivity contribution in [1.82, 2.24) is 9.62 Å². The van der Waals surface area contributed by atoms with Crippen LogP contribution >= 0.6 is 11.6 Å². The highest BCUT2D eigenvalue weighted by molar-refractivity contribution is 7.90. The molecule has 0 radical (unpaired) electrons. The predicted molar refractivity (Wildman–Crippen MR) is 182 cm³/mol. The minimum absolute atomic E-state index is 0.0118. The molecule has 1 saturated carbocycles. The van der Waals surface area contributed by atoms with E-state index in [0.717, 1.165) is 43.7 Å². The van der Waals surface area contributed by atoms with Crippen LogP contribution in [0.1, 0.15) is 56.6 Å². The summed E-state index contributed by atoms with van der Waals surface area (Å²) in [5.74, 6) is -0.800. The van der Waals surface area contributed by atoms with Gasteiger partial charge in [-0.05, 0) is 97.7 Å². The molecule has 2 aliphatic heterocycles. The molecule has 2 aromatic rings. The van der Waals surface area contributed by atoms with Gasteiger partial charge in [-0.3, -0.25) is 9.59 Å². The first-order valence-electron chi connectivity index (χ1n) is 16.7. The van der Waals surface area contributed by atoms with Gasteiger partial charge in [-0.25, -0.2) is 13.1 Å². The van der Waals surface area contributed by atoms with Gasteiger partial charge in [0.1, 0.15) is 5.75 Å². The van der Waals surface area contributed by atoms with Gasteiger partial charge in [-0.2, -0.15) is 0 Å². The summed E-state index contributed by atoms with van der Waals surface area (Å²) in [6, 6.07) is 11.0. The number of halogens is 1. The second-order valence-electron chi connectivity index (χ2n) is 14.1. The van der Waals surface area contributed by atoms with Crippen molar-refractivity contribution in [2.45, 2.75) is 68.3 Å². The molecule has 2 bridgehead atoms. The number of carbonyl (C=O) groups excluding carboxylic acids is 2. The van der Waals surface area contributed by atoms with Crippen molar-refractivity contribution in [2.75, 3.05) is 45.8 Å². The van der Waals surface area contributed by atoms with Crippen molar-refractivity contribution < 1.29 is 27.5 Å². The van der Waals surface area contributed by atoms with Crippen molar-refractivity contribution in [1.29, 1.82) is 0 Å². The van der Waals surface area contributed by atoms with Gasteiger partial charge in [0.15, 0.2) is 0 Å². The molecule has 0 saturated heterocycles. The first-order valence-corrected chi connectivity index (χ1v) is 18.5. The van der Waals surface area contributed by atoms with E-state index in [2.05, 4.69) is 27.8 Å². The molecule has 0 aromatic heterocycles. The lowest BCUT2D eigenvalue weighted by molar-refractivity contribution is -0.135. The molecule has 1 spiro atoms. The van der Waals surface area contributed by atoms with Gasteiger partial charge >= 0.3 is 0 Å². The molecule has 2 heterocycles. The maximum Gasteiger partial charge on any atom is 0.264 e. The zero-order chi connectivity index (χ0) is 33.5. The van der Waals surface area contributed by atoms with E-state index in [1.807, 2.05) is 19.1 Å². The summed E-state index contributed by atoms with van der Waals surface area (Å²) in [4.78, 5) is 30.1. The number of benzene rings is 2. The quantitative estimate of drug-likeness (QED) is 0.435. The summed E-state index contributed by atoms with van der Waals surface area (Å²) in [7, 11) is 0.744.